The zero-order valence-corrected chi connectivity index (χ0v) is 16.3. The predicted molar refractivity (Wildman–Crippen MR) is 109 cm³/mol. The number of rotatable bonds is 5. The van der Waals surface area contributed by atoms with Gasteiger partial charge in [-0.15, -0.1) is 0 Å². The number of halogens is 1. The van der Waals surface area contributed by atoms with Crippen LogP contribution in [0.25, 0.3) is 0 Å². The van der Waals surface area contributed by atoms with Crippen molar-refractivity contribution in [2.75, 3.05) is 37.7 Å². The Kier molecular flexibility index (Phi) is 5.50. The molecule has 2 aliphatic heterocycles. The Morgan fingerprint density at radius 2 is 1.71 bits per heavy atom. The number of imide groups is 1. The third kappa shape index (κ3) is 4.13. The van der Waals surface area contributed by atoms with Gasteiger partial charge in [0, 0.05) is 43.3 Å². The van der Waals surface area contributed by atoms with Crippen molar-refractivity contribution in [3.05, 3.63) is 65.2 Å². The summed E-state index contributed by atoms with van der Waals surface area (Å²) in [4.78, 5) is 30.8. The van der Waals surface area contributed by atoms with Crippen molar-refractivity contribution in [2.24, 2.45) is 0 Å². The second-order valence-electron chi connectivity index (χ2n) is 7.18. The summed E-state index contributed by atoms with van der Waals surface area (Å²) in [5, 5.41) is 3.54. The van der Waals surface area contributed by atoms with E-state index >= 15 is 0 Å². The standard InChI is InChI=1S/C21H23ClN4O2/c22-17-7-4-8-18(14-17)25-11-9-24(10-12-25)15-26-20(27)19(23-21(26)28)13-16-5-2-1-3-6-16/h1-8,14,19H,9-13,15H2,(H,23,28)/t19-/m0/s1. The minimum atomic E-state index is -0.484. The van der Waals surface area contributed by atoms with Crippen molar-refractivity contribution >= 4 is 29.2 Å². The van der Waals surface area contributed by atoms with Gasteiger partial charge >= 0.3 is 6.03 Å². The average molecular weight is 399 g/mol. The molecule has 2 aromatic carbocycles. The summed E-state index contributed by atoms with van der Waals surface area (Å²) in [7, 11) is 0. The highest BCUT2D eigenvalue weighted by atomic mass is 35.5. The molecule has 28 heavy (non-hydrogen) atoms. The highest BCUT2D eigenvalue weighted by Crippen LogP contribution is 2.21. The molecule has 146 valence electrons. The van der Waals surface area contributed by atoms with Gasteiger partial charge in [0.1, 0.15) is 6.04 Å². The normalized spacial score (nSPS) is 20.5. The van der Waals surface area contributed by atoms with Gasteiger partial charge in [-0.2, -0.15) is 0 Å². The van der Waals surface area contributed by atoms with E-state index < -0.39 is 6.04 Å². The molecule has 0 radical (unpaired) electrons. The van der Waals surface area contributed by atoms with Gasteiger partial charge in [0.05, 0.1) is 6.67 Å². The van der Waals surface area contributed by atoms with Crippen LogP contribution >= 0.6 is 11.6 Å². The van der Waals surface area contributed by atoms with Gasteiger partial charge in [0.15, 0.2) is 0 Å². The molecule has 2 aromatic rings. The largest absolute Gasteiger partial charge is 0.369 e. The molecule has 1 N–H and O–H groups in total. The van der Waals surface area contributed by atoms with E-state index in [1.165, 1.54) is 4.90 Å². The van der Waals surface area contributed by atoms with Crippen LogP contribution in [0.2, 0.25) is 5.02 Å². The first-order chi connectivity index (χ1) is 13.6. The van der Waals surface area contributed by atoms with Gasteiger partial charge < -0.3 is 10.2 Å². The first-order valence-electron chi connectivity index (χ1n) is 9.49. The number of anilines is 1. The van der Waals surface area contributed by atoms with E-state index in [4.69, 9.17) is 11.6 Å². The second-order valence-corrected chi connectivity index (χ2v) is 7.62. The van der Waals surface area contributed by atoms with Crippen LogP contribution in [0.3, 0.4) is 0 Å². The molecular weight excluding hydrogens is 376 g/mol. The molecule has 7 heteroatoms. The number of hydrogen-bond acceptors (Lipinski definition) is 4. The zero-order valence-electron chi connectivity index (χ0n) is 15.6. The Morgan fingerprint density at radius 3 is 2.43 bits per heavy atom. The van der Waals surface area contributed by atoms with Crippen molar-refractivity contribution in [2.45, 2.75) is 12.5 Å². The monoisotopic (exact) mass is 398 g/mol. The van der Waals surface area contributed by atoms with Gasteiger partial charge in [-0.3, -0.25) is 9.69 Å². The number of carbonyl (C=O) groups excluding carboxylic acids is 2. The molecule has 0 bridgehead atoms. The van der Waals surface area contributed by atoms with Crippen molar-refractivity contribution in [1.29, 1.82) is 0 Å². The third-order valence-corrected chi connectivity index (χ3v) is 5.51. The maximum Gasteiger partial charge on any atom is 0.325 e. The summed E-state index contributed by atoms with van der Waals surface area (Å²) in [6.07, 6.45) is 0.518. The number of nitrogens with one attached hydrogen (secondary N) is 1. The lowest BCUT2D eigenvalue weighted by atomic mass is 10.1. The number of piperazine rings is 1. The minimum absolute atomic E-state index is 0.147. The fourth-order valence-electron chi connectivity index (χ4n) is 3.72. The fourth-order valence-corrected chi connectivity index (χ4v) is 3.90. The van der Waals surface area contributed by atoms with E-state index in [2.05, 4.69) is 15.1 Å². The van der Waals surface area contributed by atoms with Crippen molar-refractivity contribution in [3.8, 4) is 0 Å². The van der Waals surface area contributed by atoms with E-state index in [-0.39, 0.29) is 11.9 Å². The Hall–Kier alpha value is -2.57. The molecule has 2 heterocycles. The summed E-state index contributed by atoms with van der Waals surface area (Å²) < 4.78 is 0. The molecule has 0 aromatic heterocycles. The Balaban J connectivity index is 1.32. The molecule has 0 unspecified atom stereocenters. The molecule has 0 aliphatic carbocycles. The van der Waals surface area contributed by atoms with Crippen LogP contribution in [0.5, 0.6) is 0 Å². The molecule has 2 aliphatic rings. The SMILES string of the molecule is O=C1N[C@@H](Cc2ccccc2)C(=O)N1CN1CCN(c2cccc(Cl)c2)CC1. The topological polar surface area (TPSA) is 55.9 Å². The summed E-state index contributed by atoms with van der Waals surface area (Å²) in [6.45, 7) is 3.56. The summed E-state index contributed by atoms with van der Waals surface area (Å²) in [5.41, 5.74) is 2.14. The van der Waals surface area contributed by atoms with Crippen LogP contribution in [0.1, 0.15) is 5.56 Å². The Morgan fingerprint density at radius 1 is 0.964 bits per heavy atom. The number of hydrogen-bond donors (Lipinski definition) is 1. The number of benzene rings is 2. The molecule has 4 rings (SSSR count). The van der Waals surface area contributed by atoms with Gasteiger partial charge in [-0.1, -0.05) is 48.0 Å². The van der Waals surface area contributed by atoms with Gasteiger partial charge in [0.25, 0.3) is 5.91 Å². The highest BCUT2D eigenvalue weighted by Gasteiger charge is 2.38. The number of nitrogens with zero attached hydrogens (tertiary/aromatic N) is 3. The Labute approximate surface area is 169 Å². The van der Waals surface area contributed by atoms with Gasteiger partial charge in [-0.25, -0.2) is 9.69 Å². The van der Waals surface area contributed by atoms with Crippen LogP contribution < -0.4 is 10.2 Å². The molecule has 0 spiro atoms. The van der Waals surface area contributed by atoms with E-state index in [0.717, 1.165) is 42.5 Å². The van der Waals surface area contributed by atoms with Gasteiger partial charge in [-0.05, 0) is 23.8 Å². The highest BCUT2D eigenvalue weighted by molar-refractivity contribution is 6.30. The summed E-state index contributed by atoms with van der Waals surface area (Å²) >= 11 is 6.08. The minimum Gasteiger partial charge on any atom is -0.369 e. The lowest BCUT2D eigenvalue weighted by molar-refractivity contribution is -0.129. The second kappa shape index (κ2) is 8.20. The average Bonchev–Trinajstić information content (AvgIpc) is 2.97. The number of carbonyl (C=O) groups is 2. The van der Waals surface area contributed by atoms with Crippen molar-refractivity contribution in [1.82, 2.24) is 15.1 Å². The van der Waals surface area contributed by atoms with Gasteiger partial charge in [0.2, 0.25) is 0 Å². The summed E-state index contributed by atoms with van der Waals surface area (Å²) in [5.74, 6) is -0.147. The number of amides is 3. The maximum atomic E-state index is 12.7. The first kappa shape index (κ1) is 18.8. The third-order valence-electron chi connectivity index (χ3n) is 5.28. The van der Waals surface area contributed by atoms with E-state index in [1.807, 2.05) is 54.6 Å². The van der Waals surface area contributed by atoms with Crippen LogP contribution in [0.4, 0.5) is 10.5 Å². The Bertz CT molecular complexity index is 852. The van der Waals surface area contributed by atoms with Crippen LogP contribution in [-0.4, -0.2) is 60.6 Å². The zero-order chi connectivity index (χ0) is 19.5. The van der Waals surface area contributed by atoms with E-state index in [1.54, 1.807) is 0 Å². The lowest BCUT2D eigenvalue weighted by Crippen LogP contribution is -2.51. The molecule has 3 amide bonds. The summed E-state index contributed by atoms with van der Waals surface area (Å²) in [6, 6.07) is 16.8. The van der Waals surface area contributed by atoms with Crippen LogP contribution in [0, 0.1) is 0 Å². The molecule has 1 atom stereocenters. The van der Waals surface area contributed by atoms with Crippen molar-refractivity contribution in [3.63, 3.8) is 0 Å². The predicted octanol–water partition coefficient (Wildman–Crippen LogP) is 2.58. The quantitative estimate of drug-likeness (QED) is 0.786. The maximum absolute atomic E-state index is 12.7. The van der Waals surface area contributed by atoms with Crippen molar-refractivity contribution < 1.29 is 9.59 Å². The smallest absolute Gasteiger partial charge is 0.325 e. The van der Waals surface area contributed by atoms with E-state index in [0.29, 0.717) is 13.1 Å². The lowest BCUT2D eigenvalue weighted by Gasteiger charge is -2.37. The molecule has 2 saturated heterocycles. The van der Waals surface area contributed by atoms with E-state index in [9.17, 15) is 9.59 Å². The fraction of sp³-hybridized carbons (Fsp3) is 0.333. The van der Waals surface area contributed by atoms with Crippen LogP contribution in [0.15, 0.2) is 54.6 Å². The molecule has 0 saturated carbocycles. The molecule has 2 fully saturated rings. The number of urea groups is 1. The van der Waals surface area contributed by atoms with Crippen LogP contribution in [-0.2, 0) is 11.2 Å². The first-order valence-corrected chi connectivity index (χ1v) is 9.86. The molecule has 6 nitrogen and oxygen atoms in total. The molecular formula is C21H23ClN4O2.